The first kappa shape index (κ1) is 17.1. The van der Waals surface area contributed by atoms with E-state index in [1.807, 2.05) is 0 Å². The van der Waals surface area contributed by atoms with E-state index in [0.717, 1.165) is 25.9 Å². The number of carbonyl (C=O) groups is 1. The number of benzene rings is 1. The van der Waals surface area contributed by atoms with Crippen molar-refractivity contribution in [2.75, 3.05) is 40.5 Å². The summed E-state index contributed by atoms with van der Waals surface area (Å²) in [5.74, 6) is 1.34. The highest BCUT2D eigenvalue weighted by Gasteiger charge is 2.22. The number of esters is 1. The number of ether oxygens (including phenoxy) is 3. The van der Waals surface area contributed by atoms with Gasteiger partial charge < -0.3 is 14.2 Å². The molecule has 0 saturated carbocycles. The minimum Gasteiger partial charge on any atom is -0.493 e. The molecule has 1 aliphatic rings. The average Bonchev–Trinajstić information content (AvgIpc) is 2.60. The Labute approximate surface area is 136 Å². The number of piperidine rings is 1. The van der Waals surface area contributed by atoms with Crippen LogP contribution in [0.4, 0.5) is 0 Å². The number of nitriles is 1. The molecule has 23 heavy (non-hydrogen) atoms. The molecule has 2 rings (SSSR count). The van der Waals surface area contributed by atoms with Gasteiger partial charge in [-0.15, -0.1) is 0 Å². The second kappa shape index (κ2) is 8.39. The van der Waals surface area contributed by atoms with E-state index in [0.29, 0.717) is 36.1 Å². The summed E-state index contributed by atoms with van der Waals surface area (Å²) in [5.41, 5.74) is 0.538. The van der Waals surface area contributed by atoms with E-state index in [1.54, 1.807) is 25.3 Å². The number of nitrogens with zero attached hydrogens (tertiary/aromatic N) is 2. The third-order valence-corrected chi connectivity index (χ3v) is 3.95. The molecular weight excluding hydrogens is 296 g/mol. The molecule has 0 aromatic heterocycles. The average molecular weight is 318 g/mol. The zero-order valence-corrected chi connectivity index (χ0v) is 13.6. The van der Waals surface area contributed by atoms with E-state index in [-0.39, 0.29) is 5.97 Å². The van der Waals surface area contributed by atoms with Crippen molar-refractivity contribution in [3.8, 4) is 17.6 Å². The Morgan fingerprint density at radius 1 is 1.39 bits per heavy atom. The van der Waals surface area contributed by atoms with Crippen LogP contribution >= 0.6 is 0 Å². The molecule has 0 N–H and O–H groups in total. The summed E-state index contributed by atoms with van der Waals surface area (Å²) in [6.07, 6.45) is 2.10. The largest absolute Gasteiger partial charge is 0.493 e. The van der Waals surface area contributed by atoms with Crippen molar-refractivity contribution < 1.29 is 19.0 Å². The molecule has 0 bridgehead atoms. The topological polar surface area (TPSA) is 71.8 Å². The highest BCUT2D eigenvalue weighted by atomic mass is 16.5. The maximum Gasteiger partial charge on any atom is 0.319 e. The lowest BCUT2D eigenvalue weighted by atomic mass is 9.99. The number of methoxy groups -OCH3 is 2. The van der Waals surface area contributed by atoms with Gasteiger partial charge in [0.05, 0.1) is 39.0 Å². The van der Waals surface area contributed by atoms with Gasteiger partial charge in [0.15, 0.2) is 11.5 Å². The molecule has 1 aromatic carbocycles. The SMILES string of the molecule is COC(=O)CN1CCCC(COc2ccc(C#N)cc2OC)C1. The number of carbonyl (C=O) groups excluding carboxylic acids is 1. The van der Waals surface area contributed by atoms with Crippen molar-refractivity contribution in [1.29, 1.82) is 5.26 Å². The number of hydrogen-bond acceptors (Lipinski definition) is 6. The molecule has 1 unspecified atom stereocenters. The Kier molecular flexibility index (Phi) is 6.24. The monoisotopic (exact) mass is 318 g/mol. The Morgan fingerprint density at radius 3 is 2.91 bits per heavy atom. The van der Waals surface area contributed by atoms with E-state index in [1.165, 1.54) is 7.11 Å². The van der Waals surface area contributed by atoms with Crippen molar-refractivity contribution >= 4 is 5.97 Å². The predicted molar refractivity (Wildman–Crippen MR) is 84.4 cm³/mol. The van der Waals surface area contributed by atoms with Gasteiger partial charge in [-0.1, -0.05) is 0 Å². The van der Waals surface area contributed by atoms with Crippen LogP contribution in [0.15, 0.2) is 18.2 Å². The molecule has 1 heterocycles. The van der Waals surface area contributed by atoms with Gasteiger partial charge in [0.1, 0.15) is 0 Å². The normalized spacial score (nSPS) is 18.0. The Morgan fingerprint density at radius 2 is 2.22 bits per heavy atom. The number of likely N-dealkylation sites (tertiary alicyclic amines) is 1. The Bertz CT molecular complexity index is 582. The van der Waals surface area contributed by atoms with Crippen LogP contribution < -0.4 is 9.47 Å². The fourth-order valence-electron chi connectivity index (χ4n) is 2.74. The van der Waals surface area contributed by atoms with Gasteiger partial charge in [0.2, 0.25) is 0 Å². The van der Waals surface area contributed by atoms with E-state index in [9.17, 15) is 4.79 Å². The van der Waals surface area contributed by atoms with Gasteiger partial charge in [-0.05, 0) is 31.5 Å². The molecule has 1 atom stereocenters. The van der Waals surface area contributed by atoms with Crippen LogP contribution in [0.5, 0.6) is 11.5 Å². The van der Waals surface area contributed by atoms with Crippen molar-refractivity contribution in [3.63, 3.8) is 0 Å². The van der Waals surface area contributed by atoms with Crippen molar-refractivity contribution in [3.05, 3.63) is 23.8 Å². The zero-order valence-electron chi connectivity index (χ0n) is 13.6. The standard InChI is InChI=1S/C17H22N2O4/c1-21-16-8-13(9-18)5-6-15(16)23-12-14-4-3-7-19(10-14)11-17(20)22-2/h5-6,8,14H,3-4,7,10-12H2,1-2H3. The molecule has 0 amide bonds. The first-order valence-electron chi connectivity index (χ1n) is 7.66. The molecule has 1 saturated heterocycles. The van der Waals surface area contributed by atoms with Gasteiger partial charge in [-0.3, -0.25) is 9.69 Å². The third-order valence-electron chi connectivity index (χ3n) is 3.95. The second-order valence-electron chi connectivity index (χ2n) is 5.61. The predicted octanol–water partition coefficient (Wildman–Crippen LogP) is 1.83. The van der Waals surface area contributed by atoms with E-state index in [4.69, 9.17) is 19.5 Å². The van der Waals surface area contributed by atoms with E-state index < -0.39 is 0 Å². The second-order valence-corrected chi connectivity index (χ2v) is 5.61. The van der Waals surface area contributed by atoms with E-state index in [2.05, 4.69) is 11.0 Å². The quantitative estimate of drug-likeness (QED) is 0.745. The van der Waals surface area contributed by atoms with Crippen LogP contribution in [0.2, 0.25) is 0 Å². The van der Waals surface area contributed by atoms with Crippen molar-refractivity contribution in [2.45, 2.75) is 12.8 Å². The lowest BCUT2D eigenvalue weighted by molar-refractivity contribution is -0.142. The third kappa shape index (κ3) is 4.86. The summed E-state index contributed by atoms with van der Waals surface area (Å²) in [7, 11) is 2.96. The van der Waals surface area contributed by atoms with Gasteiger partial charge in [-0.2, -0.15) is 5.26 Å². The molecule has 6 heteroatoms. The smallest absolute Gasteiger partial charge is 0.319 e. The molecule has 124 valence electrons. The maximum absolute atomic E-state index is 11.4. The lowest BCUT2D eigenvalue weighted by Crippen LogP contribution is -2.40. The Hall–Kier alpha value is -2.26. The van der Waals surface area contributed by atoms with Crippen molar-refractivity contribution in [2.24, 2.45) is 5.92 Å². The highest BCUT2D eigenvalue weighted by molar-refractivity contribution is 5.71. The van der Waals surface area contributed by atoms with Crippen LogP contribution in [0.3, 0.4) is 0 Å². The van der Waals surface area contributed by atoms with Crippen molar-refractivity contribution in [1.82, 2.24) is 4.90 Å². The summed E-state index contributed by atoms with van der Waals surface area (Å²) >= 11 is 0. The van der Waals surface area contributed by atoms with Crippen LogP contribution in [0.25, 0.3) is 0 Å². The van der Waals surface area contributed by atoms with Gasteiger partial charge in [0, 0.05) is 18.5 Å². The summed E-state index contributed by atoms with van der Waals surface area (Å²) in [5, 5.41) is 8.91. The molecule has 1 fully saturated rings. The minimum atomic E-state index is -0.208. The summed E-state index contributed by atoms with van der Waals surface area (Å²) in [4.78, 5) is 13.5. The zero-order chi connectivity index (χ0) is 16.7. The van der Waals surface area contributed by atoms with Crippen LogP contribution in [-0.2, 0) is 9.53 Å². The van der Waals surface area contributed by atoms with Gasteiger partial charge in [0.25, 0.3) is 0 Å². The Balaban J connectivity index is 1.90. The first-order chi connectivity index (χ1) is 11.2. The minimum absolute atomic E-state index is 0.208. The maximum atomic E-state index is 11.4. The molecule has 0 radical (unpaired) electrons. The summed E-state index contributed by atoms with van der Waals surface area (Å²) in [6.45, 7) is 2.60. The molecular formula is C17H22N2O4. The summed E-state index contributed by atoms with van der Waals surface area (Å²) in [6, 6.07) is 7.21. The van der Waals surface area contributed by atoms with Crippen LogP contribution in [0.1, 0.15) is 18.4 Å². The molecule has 6 nitrogen and oxygen atoms in total. The van der Waals surface area contributed by atoms with Gasteiger partial charge >= 0.3 is 5.97 Å². The fraction of sp³-hybridized carbons (Fsp3) is 0.529. The molecule has 1 aromatic rings. The fourth-order valence-corrected chi connectivity index (χ4v) is 2.74. The molecule has 0 aliphatic carbocycles. The van der Waals surface area contributed by atoms with Crippen LogP contribution in [-0.4, -0.2) is 51.3 Å². The first-order valence-corrected chi connectivity index (χ1v) is 7.66. The highest BCUT2D eigenvalue weighted by Crippen LogP contribution is 2.29. The number of hydrogen-bond donors (Lipinski definition) is 0. The lowest BCUT2D eigenvalue weighted by Gasteiger charge is -2.31. The number of rotatable bonds is 6. The van der Waals surface area contributed by atoms with Gasteiger partial charge in [-0.25, -0.2) is 0 Å². The summed E-state index contributed by atoms with van der Waals surface area (Å²) < 4.78 is 15.9. The molecule has 0 spiro atoms. The molecule has 1 aliphatic heterocycles. The van der Waals surface area contributed by atoms with Crippen LogP contribution in [0, 0.1) is 17.2 Å². The van der Waals surface area contributed by atoms with E-state index >= 15 is 0 Å².